The van der Waals surface area contributed by atoms with Crippen LogP contribution in [0.2, 0.25) is 0 Å². The van der Waals surface area contributed by atoms with E-state index in [1.807, 2.05) is 0 Å². The van der Waals surface area contributed by atoms with Crippen LogP contribution in [0.15, 0.2) is 0 Å². The molecule has 0 saturated heterocycles. The minimum atomic E-state index is -0.163. The van der Waals surface area contributed by atoms with Crippen molar-refractivity contribution in [1.82, 2.24) is 0 Å². The number of rotatable bonds is 4. The topological polar surface area (TPSA) is 18.5 Å². The van der Waals surface area contributed by atoms with Gasteiger partial charge in [-0.15, -0.1) is 0 Å². The Hall–Kier alpha value is -0.0800. The van der Waals surface area contributed by atoms with Gasteiger partial charge in [0.2, 0.25) is 0 Å². The molecule has 0 N–H and O–H groups in total. The van der Waals surface area contributed by atoms with E-state index >= 15 is 0 Å². The quantitative estimate of drug-likeness (QED) is 0.726. The Labute approximate surface area is 102 Å². The predicted molar refractivity (Wildman–Crippen MR) is 69.8 cm³/mol. The molecule has 0 aromatic carbocycles. The lowest BCUT2D eigenvalue weighted by atomic mass is 9.92. The van der Waals surface area contributed by atoms with E-state index in [9.17, 15) is 0 Å². The molecule has 0 bridgehead atoms. The Morgan fingerprint density at radius 3 is 1.56 bits per heavy atom. The molecule has 0 aliphatic carbocycles. The summed E-state index contributed by atoms with van der Waals surface area (Å²) in [6.07, 6.45) is 0. The number of hydrogen-bond acceptors (Lipinski definition) is 2. The minimum absolute atomic E-state index is 0.0773. The van der Waals surface area contributed by atoms with Crippen LogP contribution in [0.3, 0.4) is 0 Å². The van der Waals surface area contributed by atoms with Gasteiger partial charge < -0.3 is 9.47 Å². The molecular formula is C14H30O2. The van der Waals surface area contributed by atoms with Gasteiger partial charge in [0.1, 0.15) is 0 Å². The number of ether oxygens (including phenoxy) is 2. The van der Waals surface area contributed by atoms with Crippen molar-refractivity contribution in [2.45, 2.75) is 79.1 Å². The van der Waals surface area contributed by atoms with Gasteiger partial charge in [0.15, 0.2) is 0 Å². The standard InChI is InChI=1S/C14H30O2/c1-11(10-15-12(2,3)4)14(8,9)16-13(5,6)7/h11H,10H2,1-9H3. The third-order valence-corrected chi connectivity index (χ3v) is 2.52. The monoisotopic (exact) mass is 230 g/mol. The average molecular weight is 230 g/mol. The van der Waals surface area contributed by atoms with Gasteiger partial charge in [0.05, 0.1) is 23.4 Å². The van der Waals surface area contributed by atoms with E-state index in [-0.39, 0.29) is 16.8 Å². The van der Waals surface area contributed by atoms with Gasteiger partial charge in [0.25, 0.3) is 0 Å². The first kappa shape index (κ1) is 15.9. The van der Waals surface area contributed by atoms with Crippen molar-refractivity contribution in [2.75, 3.05) is 6.61 Å². The average Bonchev–Trinajstić information content (AvgIpc) is 1.93. The zero-order valence-corrected chi connectivity index (χ0v) is 12.6. The summed E-state index contributed by atoms with van der Waals surface area (Å²) in [7, 11) is 0. The van der Waals surface area contributed by atoms with E-state index in [2.05, 4.69) is 62.3 Å². The minimum Gasteiger partial charge on any atom is -0.375 e. The maximum Gasteiger partial charge on any atom is 0.0680 e. The Balaban J connectivity index is 4.30. The first-order valence-corrected chi connectivity index (χ1v) is 6.18. The van der Waals surface area contributed by atoms with Crippen LogP contribution < -0.4 is 0 Å². The molecule has 0 amide bonds. The Morgan fingerprint density at radius 2 is 1.25 bits per heavy atom. The van der Waals surface area contributed by atoms with Gasteiger partial charge in [-0.1, -0.05) is 6.92 Å². The molecule has 0 saturated carbocycles. The van der Waals surface area contributed by atoms with Crippen LogP contribution in [-0.4, -0.2) is 23.4 Å². The van der Waals surface area contributed by atoms with Crippen molar-refractivity contribution in [1.29, 1.82) is 0 Å². The lowest BCUT2D eigenvalue weighted by Crippen LogP contribution is -2.42. The smallest absolute Gasteiger partial charge is 0.0680 e. The van der Waals surface area contributed by atoms with E-state index in [1.54, 1.807) is 0 Å². The second-order valence-electron chi connectivity index (χ2n) is 7.14. The summed E-state index contributed by atoms with van der Waals surface area (Å²) in [5, 5.41) is 0. The normalized spacial score (nSPS) is 16.3. The summed E-state index contributed by atoms with van der Waals surface area (Å²) >= 11 is 0. The molecule has 0 aliphatic rings. The van der Waals surface area contributed by atoms with Crippen molar-refractivity contribution >= 4 is 0 Å². The first-order valence-electron chi connectivity index (χ1n) is 6.18. The molecule has 0 fully saturated rings. The highest BCUT2D eigenvalue weighted by Crippen LogP contribution is 2.28. The van der Waals surface area contributed by atoms with Crippen molar-refractivity contribution < 1.29 is 9.47 Å². The zero-order valence-electron chi connectivity index (χ0n) is 12.6. The van der Waals surface area contributed by atoms with Gasteiger partial charge in [-0.05, 0) is 55.4 Å². The maximum atomic E-state index is 6.07. The third-order valence-electron chi connectivity index (χ3n) is 2.52. The van der Waals surface area contributed by atoms with E-state index in [4.69, 9.17) is 9.47 Å². The zero-order chi connectivity index (χ0) is 13.2. The summed E-state index contributed by atoms with van der Waals surface area (Å²) in [6, 6.07) is 0. The predicted octanol–water partition coefficient (Wildman–Crippen LogP) is 4.03. The molecule has 0 aromatic rings. The van der Waals surface area contributed by atoms with Crippen LogP contribution in [0, 0.1) is 5.92 Å². The fraction of sp³-hybridized carbons (Fsp3) is 1.00. The largest absolute Gasteiger partial charge is 0.375 e. The molecule has 0 rings (SSSR count). The summed E-state index contributed by atoms with van der Waals surface area (Å²) in [4.78, 5) is 0. The van der Waals surface area contributed by atoms with E-state index in [0.717, 1.165) is 6.61 Å². The van der Waals surface area contributed by atoms with Gasteiger partial charge >= 0.3 is 0 Å². The van der Waals surface area contributed by atoms with Crippen LogP contribution in [0.5, 0.6) is 0 Å². The van der Waals surface area contributed by atoms with Crippen molar-refractivity contribution in [3.05, 3.63) is 0 Å². The van der Waals surface area contributed by atoms with Crippen LogP contribution in [0.25, 0.3) is 0 Å². The molecule has 0 spiro atoms. The van der Waals surface area contributed by atoms with Crippen LogP contribution in [-0.2, 0) is 9.47 Å². The van der Waals surface area contributed by atoms with E-state index in [0.29, 0.717) is 5.92 Å². The molecule has 0 radical (unpaired) electrons. The van der Waals surface area contributed by atoms with Crippen molar-refractivity contribution in [3.8, 4) is 0 Å². The molecule has 2 heteroatoms. The molecule has 1 atom stereocenters. The van der Waals surface area contributed by atoms with Crippen molar-refractivity contribution in [3.63, 3.8) is 0 Å². The summed E-state index contributed by atoms with van der Waals surface area (Å²) in [6.45, 7) is 19.7. The summed E-state index contributed by atoms with van der Waals surface area (Å²) in [5.41, 5.74) is -0.352. The Kier molecular flexibility index (Phi) is 5.03. The highest BCUT2D eigenvalue weighted by Gasteiger charge is 2.32. The van der Waals surface area contributed by atoms with Gasteiger partial charge in [0, 0.05) is 5.92 Å². The first-order chi connectivity index (χ1) is 6.83. The molecule has 0 heterocycles. The van der Waals surface area contributed by atoms with Crippen LogP contribution >= 0.6 is 0 Å². The Morgan fingerprint density at radius 1 is 0.812 bits per heavy atom. The molecule has 1 unspecified atom stereocenters. The molecule has 0 aromatic heterocycles. The van der Waals surface area contributed by atoms with E-state index < -0.39 is 0 Å². The highest BCUT2D eigenvalue weighted by molar-refractivity contribution is 4.80. The number of hydrogen-bond donors (Lipinski definition) is 0. The third kappa shape index (κ3) is 7.24. The lowest BCUT2D eigenvalue weighted by Gasteiger charge is -2.39. The molecule has 0 aliphatic heterocycles. The lowest BCUT2D eigenvalue weighted by molar-refractivity contribution is -0.157. The van der Waals surface area contributed by atoms with Gasteiger partial charge in [-0.3, -0.25) is 0 Å². The molecule has 2 nitrogen and oxygen atoms in total. The maximum absolute atomic E-state index is 6.07. The molecular weight excluding hydrogens is 200 g/mol. The second kappa shape index (κ2) is 5.05. The SMILES string of the molecule is CC(COC(C)(C)C)C(C)(C)OC(C)(C)C. The van der Waals surface area contributed by atoms with Crippen molar-refractivity contribution in [2.24, 2.45) is 5.92 Å². The fourth-order valence-electron chi connectivity index (χ4n) is 1.47. The van der Waals surface area contributed by atoms with Crippen LogP contribution in [0.1, 0.15) is 62.3 Å². The molecule has 16 heavy (non-hydrogen) atoms. The van der Waals surface area contributed by atoms with Gasteiger partial charge in [-0.25, -0.2) is 0 Å². The Bertz CT molecular complexity index is 206. The van der Waals surface area contributed by atoms with Crippen LogP contribution in [0.4, 0.5) is 0 Å². The summed E-state index contributed by atoms with van der Waals surface area (Å²) in [5.74, 6) is 0.367. The molecule has 98 valence electrons. The summed E-state index contributed by atoms with van der Waals surface area (Å²) < 4.78 is 11.9. The van der Waals surface area contributed by atoms with E-state index in [1.165, 1.54) is 0 Å². The van der Waals surface area contributed by atoms with Gasteiger partial charge in [-0.2, -0.15) is 0 Å². The fourth-order valence-corrected chi connectivity index (χ4v) is 1.47. The highest BCUT2D eigenvalue weighted by atomic mass is 16.5. The second-order valence-corrected chi connectivity index (χ2v) is 7.14.